The summed E-state index contributed by atoms with van der Waals surface area (Å²) < 4.78 is 5.31. The minimum absolute atomic E-state index is 0.400. The predicted molar refractivity (Wildman–Crippen MR) is 78.5 cm³/mol. The summed E-state index contributed by atoms with van der Waals surface area (Å²) in [5.41, 5.74) is 7.17. The summed E-state index contributed by atoms with van der Waals surface area (Å²) >= 11 is 7.58. The van der Waals surface area contributed by atoms with Gasteiger partial charge in [-0.2, -0.15) is 4.98 Å². The summed E-state index contributed by atoms with van der Waals surface area (Å²) in [5.74, 6) is 0.905. The highest BCUT2D eigenvalue weighted by Crippen LogP contribution is 2.31. The molecule has 3 aromatic rings. The highest BCUT2D eigenvalue weighted by Gasteiger charge is 2.17. The zero-order valence-electron chi connectivity index (χ0n) is 10.6. The molecule has 0 aliphatic heterocycles. The maximum Gasteiger partial charge on any atom is 0.270 e. The summed E-state index contributed by atoms with van der Waals surface area (Å²) in [5, 5.41) is 5.41. The monoisotopic (exact) mass is 306 g/mol. The normalized spacial score (nSPS) is 10.9. The molecule has 0 atom stereocenters. The number of benzene rings is 1. The number of nitrogens with zero attached hydrogens (tertiary/aromatic N) is 3. The Morgan fingerprint density at radius 3 is 2.80 bits per heavy atom. The smallest absolute Gasteiger partial charge is 0.270 e. The molecule has 0 saturated heterocycles. The summed E-state index contributed by atoms with van der Waals surface area (Å²) in [6.07, 6.45) is 0. The van der Waals surface area contributed by atoms with Gasteiger partial charge in [-0.05, 0) is 19.1 Å². The molecule has 2 heterocycles. The highest BCUT2D eigenvalue weighted by atomic mass is 35.5. The van der Waals surface area contributed by atoms with Crippen molar-refractivity contribution in [1.29, 1.82) is 0 Å². The molecule has 0 unspecified atom stereocenters. The summed E-state index contributed by atoms with van der Waals surface area (Å²) in [4.78, 5) is 9.58. The lowest BCUT2D eigenvalue weighted by molar-refractivity contribution is 0.433. The minimum atomic E-state index is 0.400. The minimum Gasteiger partial charge on any atom is -0.333 e. The average Bonchev–Trinajstić information content (AvgIpc) is 3.05. The van der Waals surface area contributed by atoms with Crippen LogP contribution in [0.15, 0.2) is 28.8 Å². The quantitative estimate of drug-likeness (QED) is 0.803. The molecule has 0 spiro atoms. The second kappa shape index (κ2) is 5.32. The number of hydrogen-bond donors (Lipinski definition) is 1. The van der Waals surface area contributed by atoms with E-state index in [1.807, 2.05) is 25.1 Å². The average molecular weight is 307 g/mol. The Morgan fingerprint density at radius 2 is 2.10 bits per heavy atom. The Labute approximate surface area is 124 Å². The molecule has 3 rings (SSSR count). The Hall–Kier alpha value is -1.76. The van der Waals surface area contributed by atoms with Crippen molar-refractivity contribution >= 4 is 22.9 Å². The van der Waals surface area contributed by atoms with Crippen molar-refractivity contribution in [2.24, 2.45) is 5.73 Å². The fraction of sp³-hybridized carbons (Fsp3) is 0.154. The lowest BCUT2D eigenvalue weighted by atomic mass is 10.2. The van der Waals surface area contributed by atoms with Gasteiger partial charge in [0.05, 0.1) is 10.7 Å². The Balaban J connectivity index is 2.02. The first-order chi connectivity index (χ1) is 9.69. The predicted octanol–water partition coefficient (Wildman–Crippen LogP) is 3.28. The topological polar surface area (TPSA) is 77.8 Å². The number of thiazole rings is 1. The first-order valence-corrected chi connectivity index (χ1v) is 7.14. The number of rotatable bonds is 3. The van der Waals surface area contributed by atoms with E-state index in [-0.39, 0.29) is 0 Å². The zero-order valence-corrected chi connectivity index (χ0v) is 12.2. The van der Waals surface area contributed by atoms with Gasteiger partial charge in [0.15, 0.2) is 0 Å². The fourth-order valence-electron chi connectivity index (χ4n) is 1.81. The van der Waals surface area contributed by atoms with Gasteiger partial charge in [0.25, 0.3) is 5.89 Å². The van der Waals surface area contributed by atoms with Crippen molar-refractivity contribution in [2.75, 3.05) is 0 Å². The summed E-state index contributed by atoms with van der Waals surface area (Å²) in [6, 6.07) is 7.37. The van der Waals surface area contributed by atoms with Gasteiger partial charge in [0, 0.05) is 12.1 Å². The zero-order chi connectivity index (χ0) is 14.1. The van der Waals surface area contributed by atoms with Crippen LogP contribution in [0.3, 0.4) is 0 Å². The van der Waals surface area contributed by atoms with Gasteiger partial charge < -0.3 is 10.3 Å². The molecule has 1 aromatic carbocycles. The third-order valence-corrected chi connectivity index (χ3v) is 4.25. The molecule has 7 heteroatoms. The van der Waals surface area contributed by atoms with E-state index in [9.17, 15) is 0 Å². The first kappa shape index (κ1) is 13.2. The van der Waals surface area contributed by atoms with Crippen molar-refractivity contribution in [3.63, 3.8) is 0 Å². The molecule has 0 fully saturated rings. The third kappa shape index (κ3) is 2.33. The van der Waals surface area contributed by atoms with Crippen LogP contribution in [-0.2, 0) is 6.54 Å². The molecule has 20 heavy (non-hydrogen) atoms. The van der Waals surface area contributed by atoms with Gasteiger partial charge in [0.1, 0.15) is 9.88 Å². The second-order valence-corrected chi connectivity index (χ2v) is 5.62. The van der Waals surface area contributed by atoms with Gasteiger partial charge in [-0.3, -0.25) is 0 Å². The summed E-state index contributed by atoms with van der Waals surface area (Å²) in [7, 11) is 0. The van der Waals surface area contributed by atoms with E-state index in [0.717, 1.165) is 21.1 Å². The number of hydrogen-bond acceptors (Lipinski definition) is 6. The number of aryl methyl sites for hydroxylation is 1. The van der Waals surface area contributed by atoms with E-state index in [1.165, 1.54) is 11.3 Å². The maximum absolute atomic E-state index is 6.12. The molecule has 0 amide bonds. The Kier molecular flexibility index (Phi) is 3.52. The van der Waals surface area contributed by atoms with Crippen LogP contribution in [0.1, 0.15) is 10.7 Å². The van der Waals surface area contributed by atoms with Crippen molar-refractivity contribution in [1.82, 2.24) is 15.1 Å². The molecule has 0 aliphatic rings. The van der Waals surface area contributed by atoms with Gasteiger partial charge in [-0.25, -0.2) is 4.98 Å². The van der Waals surface area contributed by atoms with Crippen LogP contribution in [0.5, 0.6) is 0 Å². The molecule has 0 radical (unpaired) electrons. The SMILES string of the molecule is Cc1nc(CN)sc1-c1nc(-c2ccccc2Cl)no1. The summed E-state index contributed by atoms with van der Waals surface area (Å²) in [6.45, 7) is 2.29. The van der Waals surface area contributed by atoms with E-state index in [4.69, 9.17) is 21.9 Å². The van der Waals surface area contributed by atoms with Crippen LogP contribution in [0.25, 0.3) is 22.2 Å². The first-order valence-electron chi connectivity index (χ1n) is 5.94. The lowest BCUT2D eigenvalue weighted by Gasteiger charge is -1.95. The molecule has 0 saturated carbocycles. The van der Waals surface area contributed by atoms with Crippen LogP contribution in [0.2, 0.25) is 5.02 Å². The molecule has 102 valence electrons. The van der Waals surface area contributed by atoms with Crippen molar-refractivity contribution < 1.29 is 4.52 Å². The van der Waals surface area contributed by atoms with Gasteiger partial charge in [-0.1, -0.05) is 28.9 Å². The molecular formula is C13H11ClN4OS. The molecule has 0 bridgehead atoms. The van der Waals surface area contributed by atoms with E-state index < -0.39 is 0 Å². The number of aromatic nitrogens is 3. The molecule has 2 aromatic heterocycles. The van der Waals surface area contributed by atoms with E-state index in [0.29, 0.717) is 23.3 Å². The van der Waals surface area contributed by atoms with Crippen molar-refractivity contribution in [2.45, 2.75) is 13.5 Å². The molecule has 5 nitrogen and oxygen atoms in total. The lowest BCUT2D eigenvalue weighted by Crippen LogP contribution is -1.94. The van der Waals surface area contributed by atoms with Crippen LogP contribution < -0.4 is 5.73 Å². The van der Waals surface area contributed by atoms with Crippen LogP contribution in [0, 0.1) is 6.92 Å². The number of halogens is 1. The standard InChI is InChI=1S/C13H11ClN4OS/c1-7-11(20-10(6-15)16-7)13-17-12(18-19-13)8-4-2-3-5-9(8)14/h2-5H,6,15H2,1H3. The maximum atomic E-state index is 6.12. The van der Waals surface area contributed by atoms with Gasteiger partial charge in [0.2, 0.25) is 5.82 Å². The fourth-order valence-corrected chi connectivity index (χ4v) is 2.89. The second-order valence-electron chi connectivity index (χ2n) is 4.13. The largest absolute Gasteiger partial charge is 0.333 e. The highest BCUT2D eigenvalue weighted by molar-refractivity contribution is 7.15. The van der Waals surface area contributed by atoms with Gasteiger partial charge in [-0.15, -0.1) is 11.3 Å². The van der Waals surface area contributed by atoms with Crippen LogP contribution in [-0.4, -0.2) is 15.1 Å². The third-order valence-electron chi connectivity index (χ3n) is 2.75. The molecule has 0 aliphatic carbocycles. The van der Waals surface area contributed by atoms with Gasteiger partial charge >= 0.3 is 0 Å². The van der Waals surface area contributed by atoms with E-state index >= 15 is 0 Å². The van der Waals surface area contributed by atoms with Crippen LogP contribution in [0.4, 0.5) is 0 Å². The Morgan fingerprint density at radius 1 is 1.30 bits per heavy atom. The number of nitrogens with two attached hydrogens (primary N) is 1. The van der Waals surface area contributed by atoms with E-state index in [2.05, 4.69) is 15.1 Å². The Bertz CT molecular complexity index is 752. The van der Waals surface area contributed by atoms with E-state index in [1.54, 1.807) is 6.07 Å². The van der Waals surface area contributed by atoms with Crippen molar-refractivity contribution in [3.05, 3.63) is 40.0 Å². The van der Waals surface area contributed by atoms with Crippen LogP contribution >= 0.6 is 22.9 Å². The van der Waals surface area contributed by atoms with Crippen molar-refractivity contribution in [3.8, 4) is 22.2 Å². The molecular weight excluding hydrogens is 296 g/mol. The molecule has 2 N–H and O–H groups in total.